The molecule has 0 saturated carbocycles. The van der Waals surface area contributed by atoms with Crippen LogP contribution in [0.3, 0.4) is 0 Å². The van der Waals surface area contributed by atoms with E-state index in [9.17, 15) is 4.79 Å². The van der Waals surface area contributed by atoms with Crippen molar-refractivity contribution in [3.05, 3.63) is 35.9 Å². The number of carbonyl (C=O) groups is 1. The molecule has 0 radical (unpaired) electrons. The molecule has 0 bridgehead atoms. The van der Waals surface area contributed by atoms with Gasteiger partial charge in [0, 0.05) is 32.7 Å². The first-order valence-corrected chi connectivity index (χ1v) is 7.03. The van der Waals surface area contributed by atoms with E-state index in [1.54, 1.807) is 0 Å². The van der Waals surface area contributed by atoms with Crippen LogP contribution in [0.5, 0.6) is 0 Å². The van der Waals surface area contributed by atoms with Gasteiger partial charge in [0.15, 0.2) is 0 Å². The SMILES string of the molecule is O=C(CN1CCN(CCO)CC1)OCc1ccccc1. The molecular formula is C15H22N2O3. The van der Waals surface area contributed by atoms with E-state index in [2.05, 4.69) is 9.80 Å². The summed E-state index contributed by atoms with van der Waals surface area (Å²) < 4.78 is 5.27. The second kappa shape index (κ2) is 7.99. The molecular weight excluding hydrogens is 256 g/mol. The van der Waals surface area contributed by atoms with Gasteiger partial charge in [0.2, 0.25) is 0 Å². The fourth-order valence-corrected chi connectivity index (χ4v) is 2.28. The van der Waals surface area contributed by atoms with E-state index < -0.39 is 0 Å². The van der Waals surface area contributed by atoms with Gasteiger partial charge in [-0.05, 0) is 5.56 Å². The first kappa shape index (κ1) is 15.0. The van der Waals surface area contributed by atoms with Crippen LogP contribution in [0, 0.1) is 0 Å². The Morgan fingerprint density at radius 3 is 2.40 bits per heavy atom. The summed E-state index contributed by atoms with van der Waals surface area (Å²) in [6.07, 6.45) is 0. The van der Waals surface area contributed by atoms with Crippen LogP contribution in [-0.4, -0.2) is 66.8 Å². The molecule has 1 saturated heterocycles. The highest BCUT2D eigenvalue weighted by atomic mass is 16.5. The number of aliphatic hydroxyl groups excluding tert-OH is 1. The van der Waals surface area contributed by atoms with Gasteiger partial charge in [-0.3, -0.25) is 14.6 Å². The smallest absolute Gasteiger partial charge is 0.320 e. The molecule has 0 atom stereocenters. The number of piperazine rings is 1. The van der Waals surface area contributed by atoms with Crippen LogP contribution in [0.15, 0.2) is 30.3 Å². The molecule has 5 heteroatoms. The van der Waals surface area contributed by atoms with Crippen LogP contribution in [0.25, 0.3) is 0 Å². The summed E-state index contributed by atoms with van der Waals surface area (Å²) in [5.74, 6) is -0.176. The Labute approximate surface area is 119 Å². The second-order valence-electron chi connectivity index (χ2n) is 4.99. The fraction of sp³-hybridized carbons (Fsp3) is 0.533. The predicted molar refractivity (Wildman–Crippen MR) is 76.2 cm³/mol. The van der Waals surface area contributed by atoms with Crippen molar-refractivity contribution in [2.24, 2.45) is 0 Å². The number of benzene rings is 1. The lowest BCUT2D eigenvalue weighted by Gasteiger charge is -2.33. The van der Waals surface area contributed by atoms with Gasteiger partial charge in [-0.25, -0.2) is 0 Å². The van der Waals surface area contributed by atoms with Gasteiger partial charge in [0.05, 0.1) is 13.2 Å². The summed E-state index contributed by atoms with van der Waals surface area (Å²) >= 11 is 0. The van der Waals surface area contributed by atoms with Crippen LogP contribution in [0.2, 0.25) is 0 Å². The number of hydrogen-bond donors (Lipinski definition) is 1. The zero-order chi connectivity index (χ0) is 14.2. The maximum absolute atomic E-state index is 11.8. The molecule has 110 valence electrons. The molecule has 1 N–H and O–H groups in total. The second-order valence-corrected chi connectivity index (χ2v) is 4.99. The van der Waals surface area contributed by atoms with Crippen molar-refractivity contribution in [3.63, 3.8) is 0 Å². The maximum atomic E-state index is 11.8. The third-order valence-corrected chi connectivity index (χ3v) is 3.48. The summed E-state index contributed by atoms with van der Waals surface area (Å²) in [6.45, 7) is 5.08. The van der Waals surface area contributed by atoms with Crippen molar-refractivity contribution in [2.75, 3.05) is 45.9 Å². The van der Waals surface area contributed by atoms with Gasteiger partial charge < -0.3 is 9.84 Å². The predicted octanol–water partition coefficient (Wildman–Crippen LogP) is 0.340. The Morgan fingerprint density at radius 1 is 1.10 bits per heavy atom. The van der Waals surface area contributed by atoms with E-state index in [-0.39, 0.29) is 12.6 Å². The number of hydrogen-bond acceptors (Lipinski definition) is 5. The summed E-state index contributed by atoms with van der Waals surface area (Å²) in [6, 6.07) is 9.70. The summed E-state index contributed by atoms with van der Waals surface area (Å²) in [4.78, 5) is 16.1. The summed E-state index contributed by atoms with van der Waals surface area (Å²) in [5.41, 5.74) is 1.01. The lowest BCUT2D eigenvalue weighted by molar-refractivity contribution is -0.146. The van der Waals surface area contributed by atoms with Gasteiger partial charge in [-0.15, -0.1) is 0 Å². The van der Waals surface area contributed by atoms with Gasteiger partial charge in [0.25, 0.3) is 0 Å². The molecule has 0 aliphatic carbocycles. The first-order chi connectivity index (χ1) is 9.78. The monoisotopic (exact) mass is 278 g/mol. The minimum Gasteiger partial charge on any atom is -0.460 e. The van der Waals surface area contributed by atoms with E-state index in [1.807, 2.05) is 30.3 Å². The van der Waals surface area contributed by atoms with E-state index >= 15 is 0 Å². The number of rotatable bonds is 6. The largest absolute Gasteiger partial charge is 0.460 e. The minimum atomic E-state index is -0.176. The fourth-order valence-electron chi connectivity index (χ4n) is 2.28. The van der Waals surface area contributed by atoms with Crippen LogP contribution in [-0.2, 0) is 16.1 Å². The molecule has 1 heterocycles. The zero-order valence-corrected chi connectivity index (χ0v) is 11.7. The molecule has 1 aliphatic rings. The summed E-state index contributed by atoms with van der Waals surface area (Å²) in [5, 5.41) is 8.88. The highest BCUT2D eigenvalue weighted by molar-refractivity contribution is 5.71. The molecule has 20 heavy (non-hydrogen) atoms. The molecule has 5 nitrogen and oxygen atoms in total. The molecule has 1 aromatic carbocycles. The standard InChI is InChI=1S/C15H22N2O3/c18-11-10-16-6-8-17(9-7-16)12-15(19)20-13-14-4-2-1-3-5-14/h1-5,18H,6-13H2. The van der Waals surface area contributed by atoms with Crippen LogP contribution >= 0.6 is 0 Å². The number of β-amino-alcohol motifs (C(OH)–C–C–N with tert-alkyl or cyclic N) is 1. The molecule has 0 spiro atoms. The van der Waals surface area contributed by atoms with E-state index in [0.29, 0.717) is 19.7 Å². The third-order valence-electron chi connectivity index (χ3n) is 3.48. The van der Waals surface area contributed by atoms with E-state index in [1.165, 1.54) is 0 Å². The van der Waals surface area contributed by atoms with Crippen molar-refractivity contribution in [3.8, 4) is 0 Å². The van der Waals surface area contributed by atoms with Crippen LogP contribution in [0.4, 0.5) is 0 Å². The van der Waals surface area contributed by atoms with Crippen molar-refractivity contribution in [1.82, 2.24) is 9.80 Å². The van der Waals surface area contributed by atoms with Crippen molar-refractivity contribution < 1.29 is 14.6 Å². The normalized spacial score (nSPS) is 17.1. The molecule has 0 aromatic heterocycles. The molecule has 2 rings (SSSR count). The topological polar surface area (TPSA) is 53.0 Å². The lowest BCUT2D eigenvalue weighted by Crippen LogP contribution is -2.48. The minimum absolute atomic E-state index is 0.176. The van der Waals surface area contributed by atoms with Crippen LogP contribution in [0.1, 0.15) is 5.56 Å². The number of esters is 1. The van der Waals surface area contributed by atoms with Crippen LogP contribution < -0.4 is 0 Å². The molecule has 0 unspecified atom stereocenters. The molecule has 1 aromatic rings. The average molecular weight is 278 g/mol. The molecule has 1 aliphatic heterocycles. The van der Waals surface area contributed by atoms with E-state index in [4.69, 9.17) is 9.84 Å². The van der Waals surface area contributed by atoms with Crippen molar-refractivity contribution in [2.45, 2.75) is 6.61 Å². The average Bonchev–Trinajstić information content (AvgIpc) is 2.49. The zero-order valence-electron chi connectivity index (χ0n) is 11.7. The molecule has 1 fully saturated rings. The maximum Gasteiger partial charge on any atom is 0.320 e. The number of aliphatic hydroxyl groups is 1. The summed E-state index contributed by atoms with van der Waals surface area (Å²) in [7, 11) is 0. The van der Waals surface area contributed by atoms with Gasteiger partial charge in [0.1, 0.15) is 6.61 Å². The lowest BCUT2D eigenvalue weighted by atomic mass is 10.2. The van der Waals surface area contributed by atoms with E-state index in [0.717, 1.165) is 31.7 Å². The third kappa shape index (κ3) is 4.92. The highest BCUT2D eigenvalue weighted by Crippen LogP contribution is 2.04. The van der Waals surface area contributed by atoms with Gasteiger partial charge in [-0.1, -0.05) is 30.3 Å². The van der Waals surface area contributed by atoms with Crippen molar-refractivity contribution >= 4 is 5.97 Å². The Morgan fingerprint density at radius 2 is 1.75 bits per heavy atom. The Kier molecular flexibility index (Phi) is 5.98. The Hall–Kier alpha value is -1.43. The van der Waals surface area contributed by atoms with Gasteiger partial charge in [-0.2, -0.15) is 0 Å². The first-order valence-electron chi connectivity index (χ1n) is 7.03. The molecule has 0 amide bonds. The quantitative estimate of drug-likeness (QED) is 0.761. The number of nitrogens with zero attached hydrogens (tertiary/aromatic N) is 2. The Bertz CT molecular complexity index is 403. The number of carbonyl (C=O) groups excluding carboxylic acids is 1. The Balaban J connectivity index is 1.65. The van der Waals surface area contributed by atoms with Crippen molar-refractivity contribution in [1.29, 1.82) is 0 Å². The number of ether oxygens (including phenoxy) is 1. The van der Waals surface area contributed by atoms with Gasteiger partial charge >= 0.3 is 5.97 Å². The highest BCUT2D eigenvalue weighted by Gasteiger charge is 2.18.